The standard InChI is InChI=1S/C5H13N3/c6-8-4-5-2-1-3-7-5/h5,7-8H,1-4,6H2. The number of hydrogen-bond donors (Lipinski definition) is 3. The minimum Gasteiger partial charge on any atom is -0.313 e. The molecule has 1 fully saturated rings. The molecule has 1 atom stereocenters. The highest BCUT2D eigenvalue weighted by atomic mass is 15.2. The van der Waals surface area contributed by atoms with Gasteiger partial charge in [0.05, 0.1) is 0 Å². The van der Waals surface area contributed by atoms with Gasteiger partial charge in [0.25, 0.3) is 0 Å². The molecule has 1 aliphatic heterocycles. The highest BCUT2D eigenvalue weighted by molar-refractivity contribution is 4.74. The van der Waals surface area contributed by atoms with Crippen molar-refractivity contribution in [1.82, 2.24) is 10.7 Å². The van der Waals surface area contributed by atoms with Crippen molar-refractivity contribution in [2.24, 2.45) is 5.84 Å². The van der Waals surface area contributed by atoms with Gasteiger partial charge in [-0.05, 0) is 19.4 Å². The molecule has 1 rings (SSSR count). The van der Waals surface area contributed by atoms with E-state index in [1.807, 2.05) is 0 Å². The summed E-state index contributed by atoms with van der Waals surface area (Å²) < 4.78 is 0. The molecule has 1 unspecified atom stereocenters. The number of nitrogens with one attached hydrogen (secondary N) is 2. The molecule has 4 N–H and O–H groups in total. The Balaban J connectivity index is 2.06. The number of nitrogens with two attached hydrogens (primary N) is 1. The lowest BCUT2D eigenvalue weighted by molar-refractivity contribution is 0.548. The number of rotatable bonds is 2. The molecule has 8 heavy (non-hydrogen) atoms. The molecule has 3 nitrogen and oxygen atoms in total. The van der Waals surface area contributed by atoms with Gasteiger partial charge in [-0.25, -0.2) is 0 Å². The van der Waals surface area contributed by atoms with Gasteiger partial charge in [-0.15, -0.1) is 0 Å². The van der Waals surface area contributed by atoms with Gasteiger partial charge < -0.3 is 5.32 Å². The Kier molecular flexibility index (Phi) is 2.27. The molecule has 0 aromatic heterocycles. The fourth-order valence-electron chi connectivity index (χ4n) is 1.07. The van der Waals surface area contributed by atoms with Gasteiger partial charge in [-0.1, -0.05) is 0 Å². The molecule has 0 radical (unpaired) electrons. The summed E-state index contributed by atoms with van der Waals surface area (Å²) in [6, 6.07) is 0.625. The quantitative estimate of drug-likeness (QED) is 0.326. The van der Waals surface area contributed by atoms with Crippen molar-refractivity contribution in [2.45, 2.75) is 18.9 Å². The maximum absolute atomic E-state index is 5.12. The third-order valence-corrected chi connectivity index (χ3v) is 1.53. The van der Waals surface area contributed by atoms with E-state index in [-0.39, 0.29) is 0 Å². The predicted molar refractivity (Wildman–Crippen MR) is 33.2 cm³/mol. The van der Waals surface area contributed by atoms with Crippen molar-refractivity contribution in [3.05, 3.63) is 0 Å². The first-order valence-electron chi connectivity index (χ1n) is 3.10. The van der Waals surface area contributed by atoms with Crippen LogP contribution in [0.3, 0.4) is 0 Å². The van der Waals surface area contributed by atoms with Gasteiger partial charge in [0, 0.05) is 12.6 Å². The van der Waals surface area contributed by atoms with Crippen LogP contribution in [-0.4, -0.2) is 19.1 Å². The fourth-order valence-corrected chi connectivity index (χ4v) is 1.07. The van der Waals surface area contributed by atoms with Gasteiger partial charge in [0.1, 0.15) is 0 Å². The fraction of sp³-hybridized carbons (Fsp3) is 1.00. The highest BCUT2D eigenvalue weighted by Crippen LogP contribution is 2.01. The van der Waals surface area contributed by atoms with Crippen molar-refractivity contribution in [1.29, 1.82) is 0 Å². The van der Waals surface area contributed by atoms with Crippen LogP contribution >= 0.6 is 0 Å². The van der Waals surface area contributed by atoms with Crippen molar-refractivity contribution in [3.8, 4) is 0 Å². The first kappa shape index (κ1) is 6.01. The van der Waals surface area contributed by atoms with Crippen molar-refractivity contribution in [3.63, 3.8) is 0 Å². The van der Waals surface area contributed by atoms with E-state index >= 15 is 0 Å². The Morgan fingerprint density at radius 3 is 3.12 bits per heavy atom. The summed E-state index contributed by atoms with van der Waals surface area (Å²) in [5.74, 6) is 5.12. The topological polar surface area (TPSA) is 50.1 Å². The molecule has 0 spiro atoms. The first-order valence-corrected chi connectivity index (χ1v) is 3.10. The number of hydrogen-bond acceptors (Lipinski definition) is 3. The molecule has 48 valence electrons. The molecule has 0 aromatic rings. The summed E-state index contributed by atoms with van der Waals surface area (Å²) in [6.07, 6.45) is 2.57. The summed E-state index contributed by atoms with van der Waals surface area (Å²) >= 11 is 0. The van der Waals surface area contributed by atoms with Gasteiger partial charge in [-0.2, -0.15) is 0 Å². The Hall–Kier alpha value is -0.120. The Morgan fingerprint density at radius 1 is 1.75 bits per heavy atom. The zero-order valence-electron chi connectivity index (χ0n) is 4.98. The van der Waals surface area contributed by atoms with Crippen LogP contribution in [0.5, 0.6) is 0 Å². The summed E-state index contributed by atoms with van der Waals surface area (Å²) in [5.41, 5.74) is 2.65. The van der Waals surface area contributed by atoms with Gasteiger partial charge in [0.2, 0.25) is 0 Å². The van der Waals surface area contributed by atoms with Gasteiger partial charge in [0.15, 0.2) is 0 Å². The molecule has 0 aliphatic carbocycles. The molecule has 0 amide bonds. The van der Waals surface area contributed by atoms with E-state index in [0.29, 0.717) is 6.04 Å². The molecule has 1 heterocycles. The van der Waals surface area contributed by atoms with E-state index in [1.165, 1.54) is 12.8 Å². The molecule has 3 heteroatoms. The van der Waals surface area contributed by atoms with Crippen LogP contribution in [0.25, 0.3) is 0 Å². The minimum atomic E-state index is 0.625. The second-order valence-corrected chi connectivity index (χ2v) is 2.20. The van der Waals surface area contributed by atoms with E-state index in [4.69, 9.17) is 5.84 Å². The third kappa shape index (κ3) is 1.43. The predicted octanol–water partition coefficient (Wildman–Crippen LogP) is -0.798. The van der Waals surface area contributed by atoms with E-state index in [1.54, 1.807) is 0 Å². The van der Waals surface area contributed by atoms with E-state index in [9.17, 15) is 0 Å². The van der Waals surface area contributed by atoms with Crippen LogP contribution in [0, 0.1) is 0 Å². The maximum atomic E-state index is 5.12. The van der Waals surface area contributed by atoms with E-state index in [2.05, 4.69) is 10.7 Å². The van der Waals surface area contributed by atoms with Crippen LogP contribution in [0.15, 0.2) is 0 Å². The summed E-state index contributed by atoms with van der Waals surface area (Å²) in [6.45, 7) is 2.06. The smallest absolute Gasteiger partial charge is 0.0252 e. The van der Waals surface area contributed by atoms with Crippen LogP contribution in [-0.2, 0) is 0 Å². The lowest BCUT2D eigenvalue weighted by Gasteiger charge is -2.06. The SMILES string of the molecule is NNCC1CCCN1. The first-order chi connectivity index (χ1) is 3.93. The van der Waals surface area contributed by atoms with Gasteiger partial charge in [-0.3, -0.25) is 11.3 Å². The monoisotopic (exact) mass is 115 g/mol. The Bertz CT molecular complexity index is 58.7. The summed E-state index contributed by atoms with van der Waals surface area (Å²) in [4.78, 5) is 0. The molecule has 0 aromatic carbocycles. The molecule has 0 bridgehead atoms. The molecule has 1 saturated heterocycles. The summed E-state index contributed by atoms with van der Waals surface area (Å²) in [5, 5.41) is 3.32. The van der Waals surface area contributed by atoms with E-state index < -0.39 is 0 Å². The molecular formula is C5H13N3. The third-order valence-electron chi connectivity index (χ3n) is 1.53. The highest BCUT2D eigenvalue weighted by Gasteiger charge is 2.11. The van der Waals surface area contributed by atoms with Crippen LogP contribution in [0.2, 0.25) is 0 Å². The second kappa shape index (κ2) is 3.02. The zero-order chi connectivity index (χ0) is 5.82. The van der Waals surface area contributed by atoms with E-state index in [0.717, 1.165) is 13.1 Å². The normalized spacial score (nSPS) is 28.9. The van der Waals surface area contributed by atoms with Crippen molar-refractivity contribution < 1.29 is 0 Å². The van der Waals surface area contributed by atoms with Crippen molar-refractivity contribution >= 4 is 0 Å². The minimum absolute atomic E-state index is 0.625. The zero-order valence-corrected chi connectivity index (χ0v) is 4.98. The molecule has 1 aliphatic rings. The lowest BCUT2D eigenvalue weighted by Crippen LogP contribution is -2.37. The van der Waals surface area contributed by atoms with Gasteiger partial charge >= 0.3 is 0 Å². The largest absolute Gasteiger partial charge is 0.313 e. The average molecular weight is 115 g/mol. The average Bonchev–Trinajstić information content (AvgIpc) is 2.19. The van der Waals surface area contributed by atoms with Crippen LogP contribution in [0.4, 0.5) is 0 Å². The number of hydrazine groups is 1. The lowest BCUT2D eigenvalue weighted by atomic mass is 10.2. The second-order valence-electron chi connectivity index (χ2n) is 2.20. The van der Waals surface area contributed by atoms with Crippen molar-refractivity contribution in [2.75, 3.05) is 13.1 Å². The van der Waals surface area contributed by atoms with Crippen LogP contribution in [0.1, 0.15) is 12.8 Å². The summed E-state index contributed by atoms with van der Waals surface area (Å²) in [7, 11) is 0. The van der Waals surface area contributed by atoms with Crippen LogP contribution < -0.4 is 16.6 Å². The Morgan fingerprint density at radius 2 is 2.62 bits per heavy atom. The maximum Gasteiger partial charge on any atom is 0.0252 e. The Labute approximate surface area is 49.6 Å². The molecular weight excluding hydrogens is 102 g/mol. The molecule has 0 saturated carbocycles.